The van der Waals surface area contributed by atoms with Crippen LogP contribution in [0.1, 0.15) is 20.3 Å². The highest BCUT2D eigenvalue weighted by molar-refractivity contribution is 5.80. The Bertz CT molecular complexity index is 572. The van der Waals surface area contributed by atoms with E-state index in [0.717, 1.165) is 38.3 Å². The number of rotatable bonds is 4. The highest BCUT2D eigenvalue weighted by Crippen LogP contribution is 2.23. The Kier molecular flexibility index (Phi) is 5.26. The fraction of sp³-hybridized carbons (Fsp3) is 0.611. The molecule has 3 rings (SSSR count). The maximum Gasteiger partial charge on any atom is 0.226 e. The molecule has 1 aromatic rings. The Hall–Kier alpha value is -1.79. The summed E-state index contributed by atoms with van der Waals surface area (Å²) >= 11 is 0. The van der Waals surface area contributed by atoms with Crippen LogP contribution >= 0.6 is 0 Å². The van der Waals surface area contributed by atoms with Crippen LogP contribution < -0.4 is 20.3 Å². The molecule has 2 aliphatic heterocycles. The summed E-state index contributed by atoms with van der Waals surface area (Å²) in [6, 6.07) is 8.39. The van der Waals surface area contributed by atoms with Gasteiger partial charge in [0.25, 0.3) is 0 Å². The average molecular weight is 332 g/mol. The molecule has 3 atom stereocenters. The largest absolute Gasteiger partial charge is 0.497 e. The van der Waals surface area contributed by atoms with Crippen LogP contribution in [0.5, 0.6) is 5.75 Å². The van der Waals surface area contributed by atoms with Gasteiger partial charge in [-0.2, -0.15) is 0 Å². The van der Waals surface area contributed by atoms with Gasteiger partial charge in [0.1, 0.15) is 12.0 Å². The van der Waals surface area contributed by atoms with Gasteiger partial charge in [-0.1, -0.05) is 13.0 Å². The molecule has 0 radical (unpaired) electrons. The predicted molar refractivity (Wildman–Crippen MR) is 95.1 cm³/mol. The van der Waals surface area contributed by atoms with Crippen LogP contribution in [-0.4, -0.2) is 56.4 Å². The number of hydrogen-bond donors (Lipinski definition) is 2. The molecule has 2 saturated heterocycles. The molecule has 2 fully saturated rings. The van der Waals surface area contributed by atoms with Crippen molar-refractivity contribution in [2.75, 3.05) is 38.2 Å². The molecular weight excluding hydrogens is 304 g/mol. The Balaban J connectivity index is 1.58. The summed E-state index contributed by atoms with van der Waals surface area (Å²) in [6.07, 6.45) is 0.818. The van der Waals surface area contributed by atoms with Crippen LogP contribution in [0.15, 0.2) is 24.3 Å². The van der Waals surface area contributed by atoms with Crippen LogP contribution in [0.4, 0.5) is 5.69 Å². The Morgan fingerprint density at radius 2 is 2.00 bits per heavy atom. The van der Waals surface area contributed by atoms with E-state index < -0.39 is 0 Å². The predicted octanol–water partition coefficient (Wildman–Crippen LogP) is 1.23. The first-order valence-electron chi connectivity index (χ1n) is 8.82. The summed E-state index contributed by atoms with van der Waals surface area (Å²) in [5, 5.41) is 6.67. The lowest BCUT2D eigenvalue weighted by Crippen LogP contribution is -2.68. The van der Waals surface area contributed by atoms with Gasteiger partial charge in [-0.25, -0.2) is 0 Å². The van der Waals surface area contributed by atoms with Crippen LogP contribution in [0.25, 0.3) is 0 Å². The summed E-state index contributed by atoms with van der Waals surface area (Å²) < 4.78 is 5.31. The van der Waals surface area contributed by atoms with Crippen LogP contribution in [0.2, 0.25) is 0 Å². The number of carbonyl (C=O) groups excluding carboxylic acids is 1. The minimum Gasteiger partial charge on any atom is -0.497 e. The van der Waals surface area contributed by atoms with Crippen molar-refractivity contribution in [1.82, 2.24) is 15.5 Å². The third-order valence-electron chi connectivity index (χ3n) is 5.18. The van der Waals surface area contributed by atoms with Gasteiger partial charge >= 0.3 is 0 Å². The molecule has 132 valence electrons. The summed E-state index contributed by atoms with van der Waals surface area (Å²) in [6.45, 7) is 7.87. The molecule has 6 nitrogen and oxygen atoms in total. The van der Waals surface area contributed by atoms with Gasteiger partial charge in [-0.05, 0) is 25.5 Å². The highest BCUT2D eigenvalue weighted by Gasteiger charge is 2.35. The van der Waals surface area contributed by atoms with Crippen molar-refractivity contribution in [1.29, 1.82) is 0 Å². The van der Waals surface area contributed by atoms with Crippen LogP contribution in [0, 0.1) is 5.92 Å². The fourth-order valence-electron chi connectivity index (χ4n) is 3.66. The molecule has 0 saturated carbocycles. The van der Waals surface area contributed by atoms with Gasteiger partial charge in [0.05, 0.1) is 13.0 Å². The number of carbonyl (C=O) groups is 1. The normalized spacial score (nSPS) is 28.5. The second kappa shape index (κ2) is 7.40. The standard InChI is InChI=1S/C18H28N4O2/c1-4-16-13(2)19-18(20-17(16)23)22-10-8-21(9-11-22)14-6-5-7-15(12-14)24-3/h5-7,12-13,16,18-19H,4,8-11H2,1-3H3,(H,20,23). The van der Waals surface area contributed by atoms with Gasteiger partial charge < -0.3 is 15.0 Å². The number of hydrogen-bond acceptors (Lipinski definition) is 5. The number of piperazine rings is 1. The molecule has 24 heavy (non-hydrogen) atoms. The van der Waals surface area contributed by atoms with Crippen molar-refractivity contribution in [2.45, 2.75) is 32.6 Å². The van der Waals surface area contributed by atoms with E-state index in [9.17, 15) is 4.79 Å². The van der Waals surface area contributed by atoms with Crippen molar-refractivity contribution in [3.63, 3.8) is 0 Å². The molecule has 0 spiro atoms. The number of ether oxygens (including phenoxy) is 1. The number of methoxy groups -OCH3 is 1. The number of anilines is 1. The van der Waals surface area contributed by atoms with Gasteiger partial charge in [-0.15, -0.1) is 0 Å². The number of amides is 1. The molecule has 0 aromatic heterocycles. The van der Waals surface area contributed by atoms with E-state index in [1.165, 1.54) is 5.69 Å². The minimum atomic E-state index is -0.0530. The molecule has 6 heteroatoms. The van der Waals surface area contributed by atoms with Gasteiger partial charge in [0.2, 0.25) is 5.91 Å². The molecule has 0 aliphatic carbocycles. The van der Waals surface area contributed by atoms with E-state index in [1.54, 1.807) is 7.11 Å². The first-order valence-corrected chi connectivity index (χ1v) is 8.82. The number of nitrogens with one attached hydrogen (secondary N) is 2. The van der Waals surface area contributed by atoms with Gasteiger partial charge in [-0.3, -0.25) is 15.0 Å². The van der Waals surface area contributed by atoms with Crippen molar-refractivity contribution in [3.05, 3.63) is 24.3 Å². The Labute approximate surface area is 144 Å². The molecule has 1 amide bonds. The van der Waals surface area contributed by atoms with Crippen molar-refractivity contribution in [3.8, 4) is 5.75 Å². The molecule has 0 bridgehead atoms. The number of nitrogens with zero attached hydrogens (tertiary/aromatic N) is 2. The molecule has 2 aliphatic rings. The monoisotopic (exact) mass is 332 g/mol. The highest BCUT2D eigenvalue weighted by atomic mass is 16.5. The zero-order valence-corrected chi connectivity index (χ0v) is 14.8. The maximum atomic E-state index is 12.2. The number of benzene rings is 1. The van der Waals surface area contributed by atoms with Crippen molar-refractivity contribution < 1.29 is 9.53 Å². The maximum absolute atomic E-state index is 12.2. The fourth-order valence-corrected chi connectivity index (χ4v) is 3.66. The van der Waals surface area contributed by atoms with E-state index in [1.807, 2.05) is 12.1 Å². The van der Waals surface area contributed by atoms with E-state index >= 15 is 0 Å². The molecule has 1 aromatic carbocycles. The second-order valence-corrected chi connectivity index (χ2v) is 6.61. The lowest BCUT2D eigenvalue weighted by molar-refractivity contribution is -0.132. The SMILES string of the molecule is CCC1C(=O)NC(N2CCN(c3cccc(OC)c3)CC2)NC1C. The minimum absolute atomic E-state index is 0.0530. The van der Waals surface area contributed by atoms with E-state index in [4.69, 9.17) is 4.74 Å². The molecule has 2 N–H and O–H groups in total. The first kappa shape index (κ1) is 17.0. The summed E-state index contributed by atoms with van der Waals surface area (Å²) in [7, 11) is 1.69. The first-order chi connectivity index (χ1) is 11.6. The van der Waals surface area contributed by atoms with Crippen molar-refractivity contribution in [2.24, 2.45) is 5.92 Å². The van der Waals surface area contributed by atoms with Crippen LogP contribution in [-0.2, 0) is 4.79 Å². The molecule has 3 unspecified atom stereocenters. The Morgan fingerprint density at radius 1 is 1.25 bits per heavy atom. The summed E-state index contributed by atoms with van der Waals surface area (Å²) in [5.74, 6) is 1.12. The molecular formula is C18H28N4O2. The van der Waals surface area contributed by atoms with Gasteiger partial charge in [0.15, 0.2) is 0 Å². The van der Waals surface area contributed by atoms with Crippen LogP contribution in [0.3, 0.4) is 0 Å². The zero-order valence-electron chi connectivity index (χ0n) is 14.8. The zero-order chi connectivity index (χ0) is 17.1. The smallest absolute Gasteiger partial charge is 0.226 e. The molecule has 2 heterocycles. The topological polar surface area (TPSA) is 56.8 Å². The third-order valence-corrected chi connectivity index (χ3v) is 5.18. The average Bonchev–Trinajstić information content (AvgIpc) is 2.61. The van der Waals surface area contributed by atoms with Gasteiger partial charge in [0, 0.05) is 44.0 Å². The van der Waals surface area contributed by atoms with Crippen molar-refractivity contribution >= 4 is 11.6 Å². The lowest BCUT2D eigenvalue weighted by atomic mass is 9.95. The third kappa shape index (κ3) is 3.49. The summed E-state index contributed by atoms with van der Waals surface area (Å²) in [5.41, 5.74) is 1.19. The second-order valence-electron chi connectivity index (χ2n) is 6.61. The quantitative estimate of drug-likeness (QED) is 0.869. The van der Waals surface area contributed by atoms with E-state index in [2.05, 4.69) is 46.4 Å². The van der Waals surface area contributed by atoms with E-state index in [0.29, 0.717) is 0 Å². The van der Waals surface area contributed by atoms with E-state index in [-0.39, 0.29) is 24.2 Å². The summed E-state index contributed by atoms with van der Waals surface area (Å²) in [4.78, 5) is 16.9. The lowest BCUT2D eigenvalue weighted by Gasteiger charge is -2.44. The Morgan fingerprint density at radius 3 is 2.62 bits per heavy atom.